The van der Waals surface area contributed by atoms with E-state index in [2.05, 4.69) is 0 Å². The molecule has 1 aromatic carbocycles. The van der Waals surface area contributed by atoms with Gasteiger partial charge in [-0.05, 0) is 19.1 Å². The van der Waals surface area contributed by atoms with Crippen LogP contribution in [0.2, 0.25) is 0 Å². The third-order valence-corrected chi connectivity index (χ3v) is 4.17. The van der Waals surface area contributed by atoms with Gasteiger partial charge in [-0.15, -0.1) is 11.8 Å². The molecule has 1 aliphatic heterocycles. The van der Waals surface area contributed by atoms with Gasteiger partial charge in [0.25, 0.3) is 0 Å². The van der Waals surface area contributed by atoms with Gasteiger partial charge in [-0.3, -0.25) is 9.59 Å². The number of carboxylic acids is 1. The van der Waals surface area contributed by atoms with Gasteiger partial charge in [0, 0.05) is 23.1 Å². The molecular formula is C13H15NO3S. The van der Waals surface area contributed by atoms with E-state index >= 15 is 0 Å². The molecule has 0 bridgehead atoms. The highest BCUT2D eigenvalue weighted by atomic mass is 32.2. The first kappa shape index (κ1) is 13.0. The zero-order valence-electron chi connectivity index (χ0n) is 10.1. The Morgan fingerprint density at radius 2 is 2.11 bits per heavy atom. The SMILES string of the molecule is CC1CSc2ccccc2N1C(=O)CCC(=O)O. The number of carbonyl (C=O) groups excluding carboxylic acids is 1. The van der Waals surface area contributed by atoms with E-state index in [0.29, 0.717) is 0 Å². The van der Waals surface area contributed by atoms with E-state index in [4.69, 9.17) is 5.11 Å². The lowest BCUT2D eigenvalue weighted by molar-refractivity contribution is -0.138. The van der Waals surface area contributed by atoms with Gasteiger partial charge >= 0.3 is 5.97 Å². The lowest BCUT2D eigenvalue weighted by Crippen LogP contribution is -2.42. The van der Waals surface area contributed by atoms with E-state index in [9.17, 15) is 9.59 Å². The van der Waals surface area contributed by atoms with Crippen LogP contribution < -0.4 is 4.90 Å². The van der Waals surface area contributed by atoms with E-state index in [-0.39, 0.29) is 24.8 Å². The number of nitrogens with zero attached hydrogens (tertiary/aromatic N) is 1. The number of hydrogen-bond acceptors (Lipinski definition) is 3. The van der Waals surface area contributed by atoms with Crippen LogP contribution in [0, 0.1) is 0 Å². The Morgan fingerprint density at radius 1 is 1.39 bits per heavy atom. The summed E-state index contributed by atoms with van der Waals surface area (Å²) in [6.07, 6.45) is -0.0595. The molecular weight excluding hydrogens is 250 g/mol. The molecule has 0 aromatic heterocycles. The first-order valence-electron chi connectivity index (χ1n) is 5.85. The second kappa shape index (κ2) is 5.44. The average Bonchev–Trinajstić information content (AvgIpc) is 2.36. The summed E-state index contributed by atoms with van der Waals surface area (Å²) in [5.74, 6) is -0.205. The Bertz CT molecular complexity index is 475. The van der Waals surface area contributed by atoms with Gasteiger partial charge in [0.15, 0.2) is 0 Å². The summed E-state index contributed by atoms with van der Waals surface area (Å²) < 4.78 is 0. The Labute approximate surface area is 110 Å². The predicted octanol–water partition coefficient (Wildman–Crippen LogP) is 2.38. The fraction of sp³-hybridized carbons (Fsp3) is 0.385. The normalized spacial score (nSPS) is 18.3. The zero-order valence-corrected chi connectivity index (χ0v) is 10.9. The molecule has 4 nitrogen and oxygen atoms in total. The summed E-state index contributed by atoms with van der Waals surface area (Å²) in [5.41, 5.74) is 0.900. The van der Waals surface area contributed by atoms with Crippen LogP contribution in [0.25, 0.3) is 0 Å². The van der Waals surface area contributed by atoms with Gasteiger partial charge in [-0.1, -0.05) is 12.1 Å². The highest BCUT2D eigenvalue weighted by Crippen LogP contribution is 2.37. The molecule has 1 N–H and O–H groups in total. The van der Waals surface area contributed by atoms with Gasteiger partial charge in [0.2, 0.25) is 5.91 Å². The molecule has 0 aliphatic carbocycles. The maximum Gasteiger partial charge on any atom is 0.303 e. The van der Waals surface area contributed by atoms with Crippen molar-refractivity contribution in [3.05, 3.63) is 24.3 Å². The van der Waals surface area contributed by atoms with Crippen LogP contribution in [0.15, 0.2) is 29.2 Å². The third-order valence-electron chi connectivity index (χ3n) is 2.87. The smallest absolute Gasteiger partial charge is 0.303 e. The van der Waals surface area contributed by atoms with E-state index in [1.807, 2.05) is 31.2 Å². The number of fused-ring (bicyclic) bond motifs is 1. The fourth-order valence-electron chi connectivity index (χ4n) is 2.02. The summed E-state index contributed by atoms with van der Waals surface area (Å²) >= 11 is 1.73. The number of benzene rings is 1. The Hall–Kier alpha value is -1.49. The molecule has 0 radical (unpaired) electrons. The zero-order chi connectivity index (χ0) is 13.1. The van der Waals surface area contributed by atoms with Crippen molar-refractivity contribution in [2.24, 2.45) is 0 Å². The molecule has 2 rings (SSSR count). The van der Waals surface area contributed by atoms with Crippen molar-refractivity contribution in [3.8, 4) is 0 Å². The lowest BCUT2D eigenvalue weighted by Gasteiger charge is -2.34. The minimum Gasteiger partial charge on any atom is -0.481 e. The standard InChI is InChI=1S/C13H15NO3S/c1-9-8-18-11-5-3-2-4-10(11)14(9)12(15)6-7-13(16)17/h2-5,9H,6-8H2,1H3,(H,16,17). The Kier molecular flexibility index (Phi) is 3.91. The predicted molar refractivity (Wildman–Crippen MR) is 71.0 cm³/mol. The number of rotatable bonds is 3. The van der Waals surface area contributed by atoms with Gasteiger partial charge in [-0.25, -0.2) is 0 Å². The molecule has 1 aliphatic rings. The van der Waals surface area contributed by atoms with Crippen molar-refractivity contribution < 1.29 is 14.7 Å². The quantitative estimate of drug-likeness (QED) is 0.911. The second-order valence-electron chi connectivity index (χ2n) is 4.29. The minimum absolute atomic E-state index is 0.0542. The maximum atomic E-state index is 12.1. The Balaban J connectivity index is 2.21. The van der Waals surface area contributed by atoms with E-state index in [1.54, 1.807) is 16.7 Å². The van der Waals surface area contributed by atoms with Crippen LogP contribution in [0.3, 0.4) is 0 Å². The van der Waals surface area contributed by atoms with Crippen LogP contribution in [-0.2, 0) is 9.59 Å². The largest absolute Gasteiger partial charge is 0.481 e. The number of hydrogen-bond donors (Lipinski definition) is 1. The van der Waals surface area contributed by atoms with Crippen LogP contribution in [0.1, 0.15) is 19.8 Å². The molecule has 1 amide bonds. The number of amides is 1. The van der Waals surface area contributed by atoms with Crippen LogP contribution in [0.5, 0.6) is 0 Å². The van der Waals surface area contributed by atoms with Crippen LogP contribution in [0.4, 0.5) is 5.69 Å². The summed E-state index contributed by atoms with van der Waals surface area (Å²) in [5, 5.41) is 8.65. The van der Waals surface area contributed by atoms with Crippen LogP contribution in [-0.4, -0.2) is 28.8 Å². The van der Waals surface area contributed by atoms with E-state index < -0.39 is 5.97 Å². The van der Waals surface area contributed by atoms with Crippen molar-refractivity contribution in [1.82, 2.24) is 0 Å². The first-order chi connectivity index (χ1) is 8.59. The van der Waals surface area contributed by atoms with Crippen molar-refractivity contribution in [2.45, 2.75) is 30.7 Å². The molecule has 1 aromatic rings. The number of anilines is 1. The molecule has 0 saturated heterocycles. The minimum atomic E-state index is -0.935. The molecule has 96 valence electrons. The van der Waals surface area contributed by atoms with Gasteiger partial charge < -0.3 is 10.0 Å². The van der Waals surface area contributed by atoms with Crippen molar-refractivity contribution in [1.29, 1.82) is 0 Å². The Morgan fingerprint density at radius 3 is 2.83 bits per heavy atom. The summed E-state index contributed by atoms with van der Waals surface area (Å²) in [4.78, 5) is 25.5. The number of thioether (sulfide) groups is 1. The number of aliphatic carboxylic acids is 1. The van der Waals surface area contributed by atoms with Crippen molar-refractivity contribution in [2.75, 3.05) is 10.7 Å². The molecule has 1 unspecified atom stereocenters. The molecule has 1 atom stereocenters. The summed E-state index contributed by atoms with van der Waals surface area (Å²) in [7, 11) is 0. The summed E-state index contributed by atoms with van der Waals surface area (Å²) in [6.45, 7) is 1.99. The lowest BCUT2D eigenvalue weighted by atomic mass is 10.2. The average molecular weight is 265 g/mol. The molecule has 18 heavy (non-hydrogen) atoms. The maximum absolute atomic E-state index is 12.1. The van der Waals surface area contributed by atoms with Crippen molar-refractivity contribution in [3.63, 3.8) is 0 Å². The second-order valence-corrected chi connectivity index (χ2v) is 5.35. The summed E-state index contributed by atoms with van der Waals surface area (Å²) in [6, 6.07) is 7.85. The molecule has 1 heterocycles. The van der Waals surface area contributed by atoms with E-state index in [1.165, 1.54) is 0 Å². The van der Waals surface area contributed by atoms with Crippen molar-refractivity contribution >= 4 is 29.3 Å². The molecule has 0 saturated carbocycles. The van der Waals surface area contributed by atoms with Gasteiger partial charge in [-0.2, -0.15) is 0 Å². The highest BCUT2D eigenvalue weighted by molar-refractivity contribution is 7.99. The van der Waals surface area contributed by atoms with Gasteiger partial charge in [0.05, 0.1) is 12.1 Å². The molecule has 0 spiro atoms. The third kappa shape index (κ3) is 2.67. The fourth-order valence-corrected chi connectivity index (χ4v) is 3.07. The first-order valence-corrected chi connectivity index (χ1v) is 6.84. The van der Waals surface area contributed by atoms with Crippen LogP contribution >= 0.6 is 11.8 Å². The monoisotopic (exact) mass is 265 g/mol. The number of para-hydroxylation sites is 1. The van der Waals surface area contributed by atoms with E-state index in [0.717, 1.165) is 16.3 Å². The molecule has 5 heteroatoms. The van der Waals surface area contributed by atoms with Gasteiger partial charge in [0.1, 0.15) is 0 Å². The number of carbonyl (C=O) groups is 2. The molecule has 0 fully saturated rings. The topological polar surface area (TPSA) is 57.6 Å². The highest BCUT2D eigenvalue weighted by Gasteiger charge is 2.28. The number of carboxylic acid groups (broad SMARTS) is 1.